The van der Waals surface area contributed by atoms with E-state index in [2.05, 4.69) is 37.0 Å². The molecule has 0 aliphatic heterocycles. The number of pyridine rings is 1. The van der Waals surface area contributed by atoms with E-state index in [9.17, 15) is 0 Å². The van der Waals surface area contributed by atoms with E-state index in [0.29, 0.717) is 0 Å². The number of aromatic nitrogens is 1. The molecule has 98 valence electrons. The van der Waals surface area contributed by atoms with E-state index in [1.807, 2.05) is 31.3 Å². The standard InChI is InChI=1S/C17H19NO/c1-5-6-15(19-4)11-14-8-7-13(3)17-16(14)12(2)9-10-18-17/h5-11H,1-4H3/b6-5+,15-11-. The van der Waals surface area contributed by atoms with Crippen LogP contribution in [0.3, 0.4) is 0 Å². The van der Waals surface area contributed by atoms with Gasteiger partial charge in [-0.25, -0.2) is 0 Å². The van der Waals surface area contributed by atoms with Gasteiger partial charge in [0.05, 0.1) is 12.6 Å². The molecule has 0 saturated heterocycles. The molecular formula is C17H19NO. The second-order valence-electron chi connectivity index (χ2n) is 4.57. The molecule has 0 bridgehead atoms. The molecular weight excluding hydrogens is 234 g/mol. The Morgan fingerprint density at radius 3 is 2.63 bits per heavy atom. The molecule has 0 spiro atoms. The minimum atomic E-state index is 0.843. The minimum Gasteiger partial charge on any atom is -0.497 e. The molecule has 0 amide bonds. The first-order valence-corrected chi connectivity index (χ1v) is 6.40. The Hall–Kier alpha value is -2.09. The molecule has 0 aliphatic carbocycles. The average molecular weight is 253 g/mol. The maximum atomic E-state index is 5.37. The molecule has 0 unspecified atom stereocenters. The number of aryl methyl sites for hydroxylation is 2. The maximum absolute atomic E-state index is 5.37. The maximum Gasteiger partial charge on any atom is 0.119 e. The van der Waals surface area contributed by atoms with Gasteiger partial charge in [0.25, 0.3) is 0 Å². The summed E-state index contributed by atoms with van der Waals surface area (Å²) in [6.07, 6.45) is 7.84. The summed E-state index contributed by atoms with van der Waals surface area (Å²) in [5.41, 5.74) is 4.63. The van der Waals surface area contributed by atoms with E-state index in [0.717, 1.165) is 16.8 Å². The number of ether oxygens (including phenoxy) is 1. The lowest BCUT2D eigenvalue weighted by Crippen LogP contribution is -1.91. The first kappa shape index (κ1) is 13.3. The zero-order chi connectivity index (χ0) is 13.8. The summed E-state index contributed by atoms with van der Waals surface area (Å²) >= 11 is 0. The van der Waals surface area contributed by atoms with Gasteiger partial charge in [0.2, 0.25) is 0 Å². The van der Waals surface area contributed by atoms with E-state index in [1.54, 1.807) is 7.11 Å². The molecule has 1 aromatic heterocycles. The van der Waals surface area contributed by atoms with Crippen molar-refractivity contribution in [1.82, 2.24) is 4.98 Å². The summed E-state index contributed by atoms with van der Waals surface area (Å²) in [7, 11) is 1.69. The molecule has 0 radical (unpaired) electrons. The first-order valence-electron chi connectivity index (χ1n) is 6.40. The topological polar surface area (TPSA) is 22.1 Å². The van der Waals surface area contributed by atoms with Gasteiger partial charge in [0, 0.05) is 11.6 Å². The molecule has 1 heterocycles. The van der Waals surface area contributed by atoms with Gasteiger partial charge in [0.1, 0.15) is 5.76 Å². The lowest BCUT2D eigenvalue weighted by molar-refractivity contribution is 0.310. The van der Waals surface area contributed by atoms with E-state index in [-0.39, 0.29) is 0 Å². The van der Waals surface area contributed by atoms with E-state index < -0.39 is 0 Å². The number of rotatable bonds is 3. The predicted molar refractivity (Wildman–Crippen MR) is 81.0 cm³/mol. The zero-order valence-electron chi connectivity index (χ0n) is 11.9. The summed E-state index contributed by atoms with van der Waals surface area (Å²) < 4.78 is 5.37. The van der Waals surface area contributed by atoms with Crippen LogP contribution in [0, 0.1) is 13.8 Å². The summed E-state index contributed by atoms with van der Waals surface area (Å²) in [6.45, 7) is 6.18. The molecule has 2 nitrogen and oxygen atoms in total. The third-order valence-corrected chi connectivity index (χ3v) is 3.20. The Morgan fingerprint density at radius 1 is 1.16 bits per heavy atom. The van der Waals surface area contributed by atoms with E-state index >= 15 is 0 Å². The molecule has 2 rings (SSSR count). The smallest absolute Gasteiger partial charge is 0.119 e. The fraction of sp³-hybridized carbons (Fsp3) is 0.235. The van der Waals surface area contributed by atoms with Crippen molar-refractivity contribution < 1.29 is 4.74 Å². The number of nitrogens with zero attached hydrogens (tertiary/aromatic N) is 1. The van der Waals surface area contributed by atoms with Gasteiger partial charge in [-0.05, 0) is 55.7 Å². The highest BCUT2D eigenvalue weighted by Crippen LogP contribution is 2.25. The number of allylic oxidation sites excluding steroid dienone is 2. The van der Waals surface area contributed by atoms with E-state index in [1.165, 1.54) is 16.5 Å². The van der Waals surface area contributed by atoms with Crippen LogP contribution in [0.4, 0.5) is 0 Å². The van der Waals surface area contributed by atoms with Crippen molar-refractivity contribution in [2.75, 3.05) is 7.11 Å². The van der Waals surface area contributed by atoms with Crippen molar-refractivity contribution in [3.8, 4) is 0 Å². The van der Waals surface area contributed by atoms with Gasteiger partial charge < -0.3 is 4.74 Å². The second kappa shape index (κ2) is 5.70. The average Bonchev–Trinajstić information content (AvgIpc) is 2.41. The summed E-state index contributed by atoms with van der Waals surface area (Å²) in [5.74, 6) is 0.843. The molecule has 1 aromatic carbocycles. The molecule has 2 aromatic rings. The number of fused-ring (bicyclic) bond motifs is 1. The van der Waals surface area contributed by atoms with Crippen LogP contribution in [0.5, 0.6) is 0 Å². The summed E-state index contributed by atoms with van der Waals surface area (Å²) in [6, 6.07) is 6.26. The van der Waals surface area contributed by atoms with Gasteiger partial charge in [-0.2, -0.15) is 0 Å². The fourth-order valence-electron chi connectivity index (χ4n) is 2.21. The predicted octanol–water partition coefficient (Wildman–Crippen LogP) is 4.42. The number of hydrogen-bond acceptors (Lipinski definition) is 2. The first-order chi connectivity index (χ1) is 9.17. The molecule has 0 N–H and O–H groups in total. The highest BCUT2D eigenvalue weighted by molar-refractivity contribution is 5.92. The fourth-order valence-corrected chi connectivity index (χ4v) is 2.21. The van der Waals surface area contributed by atoms with Crippen molar-refractivity contribution >= 4 is 17.0 Å². The molecule has 2 heteroatoms. The van der Waals surface area contributed by atoms with Crippen LogP contribution in [-0.4, -0.2) is 12.1 Å². The van der Waals surface area contributed by atoms with Crippen LogP contribution in [0.15, 0.2) is 42.3 Å². The third-order valence-electron chi connectivity index (χ3n) is 3.20. The monoisotopic (exact) mass is 253 g/mol. The van der Waals surface area contributed by atoms with Crippen molar-refractivity contribution in [2.45, 2.75) is 20.8 Å². The van der Waals surface area contributed by atoms with Gasteiger partial charge in [-0.15, -0.1) is 0 Å². The van der Waals surface area contributed by atoms with Crippen LogP contribution in [0.25, 0.3) is 17.0 Å². The Labute approximate surface area is 114 Å². The van der Waals surface area contributed by atoms with Crippen molar-refractivity contribution in [1.29, 1.82) is 0 Å². The molecule has 0 fully saturated rings. The largest absolute Gasteiger partial charge is 0.497 e. The van der Waals surface area contributed by atoms with Gasteiger partial charge in [0.15, 0.2) is 0 Å². The van der Waals surface area contributed by atoms with Crippen molar-refractivity contribution in [3.05, 3.63) is 59.0 Å². The summed E-state index contributed by atoms with van der Waals surface area (Å²) in [4.78, 5) is 4.49. The number of benzene rings is 1. The van der Waals surface area contributed by atoms with Crippen molar-refractivity contribution in [3.63, 3.8) is 0 Å². The number of hydrogen-bond donors (Lipinski definition) is 0. The Balaban J connectivity index is 2.71. The SMILES string of the molecule is C/C=C/C(=C/c1ccc(C)c2nccc(C)c12)OC. The minimum absolute atomic E-state index is 0.843. The van der Waals surface area contributed by atoms with Gasteiger partial charge >= 0.3 is 0 Å². The van der Waals surface area contributed by atoms with Gasteiger partial charge in [-0.1, -0.05) is 18.2 Å². The third kappa shape index (κ3) is 2.68. The van der Waals surface area contributed by atoms with Crippen LogP contribution < -0.4 is 0 Å². The van der Waals surface area contributed by atoms with Crippen molar-refractivity contribution in [2.24, 2.45) is 0 Å². The van der Waals surface area contributed by atoms with Crippen LogP contribution in [0.1, 0.15) is 23.6 Å². The highest BCUT2D eigenvalue weighted by atomic mass is 16.5. The Kier molecular flexibility index (Phi) is 4.00. The van der Waals surface area contributed by atoms with Crippen LogP contribution in [-0.2, 0) is 4.74 Å². The van der Waals surface area contributed by atoms with Crippen LogP contribution in [0.2, 0.25) is 0 Å². The quantitative estimate of drug-likeness (QED) is 0.597. The zero-order valence-corrected chi connectivity index (χ0v) is 11.9. The normalized spacial score (nSPS) is 12.3. The molecule has 0 atom stereocenters. The Morgan fingerprint density at radius 2 is 1.95 bits per heavy atom. The highest BCUT2D eigenvalue weighted by Gasteiger charge is 2.06. The lowest BCUT2D eigenvalue weighted by Gasteiger charge is -2.09. The molecule has 19 heavy (non-hydrogen) atoms. The second-order valence-corrected chi connectivity index (χ2v) is 4.57. The summed E-state index contributed by atoms with van der Waals surface area (Å²) in [5, 5.41) is 1.20. The van der Waals surface area contributed by atoms with E-state index in [4.69, 9.17) is 4.74 Å². The molecule has 0 aliphatic rings. The lowest BCUT2D eigenvalue weighted by atomic mass is 10.00. The molecule has 0 saturated carbocycles. The Bertz CT molecular complexity index is 654. The van der Waals surface area contributed by atoms with Crippen LogP contribution >= 0.6 is 0 Å². The number of methoxy groups -OCH3 is 1. The van der Waals surface area contributed by atoms with Gasteiger partial charge in [-0.3, -0.25) is 4.98 Å².